The van der Waals surface area contributed by atoms with Crippen molar-refractivity contribution in [1.82, 2.24) is 16.0 Å². The highest BCUT2D eigenvalue weighted by Crippen LogP contribution is 2.38. The Morgan fingerprint density at radius 2 is 1.68 bits per heavy atom. The van der Waals surface area contributed by atoms with Gasteiger partial charge in [-0.25, -0.2) is 9.79 Å². The first-order valence-corrected chi connectivity index (χ1v) is 10.6. The number of alkyl carbamates (subject to hydrolysis) is 1. The topological polar surface area (TPSA) is 102 Å². The maximum atomic E-state index is 11.8. The Kier molecular flexibility index (Phi) is 12.0. The number of nitrogens with one attached hydrogen (secondary N) is 3. The predicted octanol–water partition coefficient (Wildman–Crippen LogP) is 2.93. The van der Waals surface area contributed by atoms with Gasteiger partial charge in [0.1, 0.15) is 0 Å². The first kappa shape index (κ1) is 26.2. The molecule has 0 aliphatic carbocycles. The molecular weight excluding hydrogens is 400 g/mol. The van der Waals surface area contributed by atoms with Crippen molar-refractivity contribution in [3.63, 3.8) is 0 Å². The van der Waals surface area contributed by atoms with Gasteiger partial charge in [-0.05, 0) is 43.9 Å². The van der Waals surface area contributed by atoms with Crippen LogP contribution in [0.2, 0.25) is 0 Å². The van der Waals surface area contributed by atoms with Gasteiger partial charge in [0.25, 0.3) is 0 Å². The normalized spacial score (nSPS) is 12.2. The summed E-state index contributed by atoms with van der Waals surface area (Å²) in [5.74, 6) is 2.79. The van der Waals surface area contributed by atoms with E-state index in [-0.39, 0.29) is 6.04 Å². The van der Waals surface area contributed by atoms with Crippen LogP contribution < -0.4 is 30.2 Å². The number of amides is 1. The highest BCUT2D eigenvalue weighted by Gasteiger charge is 2.16. The third-order valence-electron chi connectivity index (χ3n) is 4.36. The van der Waals surface area contributed by atoms with Gasteiger partial charge in [-0.2, -0.15) is 0 Å². The molecule has 1 rings (SSSR count). The molecule has 0 heterocycles. The molecule has 9 heteroatoms. The van der Waals surface area contributed by atoms with Crippen LogP contribution in [0.1, 0.15) is 39.7 Å². The molecule has 176 valence electrons. The monoisotopic (exact) mass is 438 g/mol. The lowest BCUT2D eigenvalue weighted by Gasteiger charge is -2.22. The summed E-state index contributed by atoms with van der Waals surface area (Å²) in [5.41, 5.74) is 0.912. The highest BCUT2D eigenvalue weighted by atomic mass is 16.5. The van der Waals surface area contributed by atoms with E-state index in [0.29, 0.717) is 55.4 Å². The molecule has 3 N–H and O–H groups in total. The van der Waals surface area contributed by atoms with Gasteiger partial charge in [-0.15, -0.1) is 0 Å². The second-order valence-electron chi connectivity index (χ2n) is 7.30. The van der Waals surface area contributed by atoms with Crippen molar-refractivity contribution >= 4 is 12.1 Å². The Balaban J connectivity index is 2.91. The van der Waals surface area contributed by atoms with Crippen LogP contribution in [0.3, 0.4) is 0 Å². The molecule has 1 aromatic rings. The Labute approximate surface area is 185 Å². The summed E-state index contributed by atoms with van der Waals surface area (Å²) >= 11 is 0. The highest BCUT2D eigenvalue weighted by molar-refractivity contribution is 5.80. The number of carbonyl (C=O) groups is 1. The van der Waals surface area contributed by atoms with Crippen molar-refractivity contribution in [2.24, 2.45) is 10.9 Å². The zero-order chi connectivity index (χ0) is 23.2. The number of ether oxygens (including phenoxy) is 4. The van der Waals surface area contributed by atoms with Gasteiger partial charge < -0.3 is 34.9 Å². The average Bonchev–Trinajstić information content (AvgIpc) is 2.74. The van der Waals surface area contributed by atoms with Crippen molar-refractivity contribution < 1.29 is 23.7 Å². The number of benzene rings is 1. The SMILES string of the molecule is CCNC(=NCc1cc(OC)c(OC)c(OC)c1)NCC(CC(C)C)NC(=O)OCC. The fourth-order valence-electron chi connectivity index (χ4n) is 3.06. The van der Waals surface area contributed by atoms with Gasteiger partial charge in [0, 0.05) is 19.1 Å². The zero-order valence-electron chi connectivity index (χ0n) is 19.8. The maximum absolute atomic E-state index is 11.8. The molecule has 1 amide bonds. The summed E-state index contributed by atoms with van der Waals surface area (Å²) < 4.78 is 21.2. The molecule has 9 nitrogen and oxygen atoms in total. The van der Waals surface area contributed by atoms with E-state index in [9.17, 15) is 4.79 Å². The molecule has 1 aromatic carbocycles. The zero-order valence-corrected chi connectivity index (χ0v) is 19.8. The van der Waals surface area contributed by atoms with Crippen molar-refractivity contribution in [2.45, 2.75) is 46.7 Å². The van der Waals surface area contributed by atoms with Crippen LogP contribution in [0.5, 0.6) is 17.2 Å². The Morgan fingerprint density at radius 1 is 1.03 bits per heavy atom. The quantitative estimate of drug-likeness (QED) is 0.341. The minimum Gasteiger partial charge on any atom is -0.493 e. The van der Waals surface area contributed by atoms with E-state index in [1.807, 2.05) is 19.1 Å². The van der Waals surface area contributed by atoms with Crippen LogP contribution in [-0.2, 0) is 11.3 Å². The van der Waals surface area contributed by atoms with Gasteiger partial charge in [0.2, 0.25) is 5.75 Å². The number of hydrogen-bond acceptors (Lipinski definition) is 6. The van der Waals surface area contributed by atoms with Crippen molar-refractivity contribution in [1.29, 1.82) is 0 Å². The first-order valence-electron chi connectivity index (χ1n) is 10.6. The Hall–Kier alpha value is -2.84. The lowest BCUT2D eigenvalue weighted by atomic mass is 10.0. The van der Waals surface area contributed by atoms with Crippen LogP contribution in [-0.4, -0.2) is 59.1 Å². The smallest absolute Gasteiger partial charge is 0.407 e. The molecular formula is C22H38N4O5. The first-order chi connectivity index (χ1) is 14.9. The van der Waals surface area contributed by atoms with E-state index in [1.54, 1.807) is 28.3 Å². The number of aliphatic imine (C=N–C) groups is 1. The molecule has 0 fully saturated rings. The molecule has 0 saturated carbocycles. The summed E-state index contributed by atoms with van der Waals surface area (Å²) in [6.45, 7) is 10.00. The largest absolute Gasteiger partial charge is 0.493 e. The summed E-state index contributed by atoms with van der Waals surface area (Å²) in [5, 5.41) is 9.44. The summed E-state index contributed by atoms with van der Waals surface area (Å²) in [7, 11) is 4.74. The van der Waals surface area contributed by atoms with Crippen LogP contribution in [0.25, 0.3) is 0 Å². The molecule has 31 heavy (non-hydrogen) atoms. The molecule has 0 aliphatic rings. The fraction of sp³-hybridized carbons (Fsp3) is 0.636. The lowest BCUT2D eigenvalue weighted by Crippen LogP contribution is -2.47. The summed E-state index contributed by atoms with van der Waals surface area (Å²) in [6, 6.07) is 3.67. The Morgan fingerprint density at radius 3 is 2.16 bits per heavy atom. The van der Waals surface area contributed by atoms with E-state index in [4.69, 9.17) is 18.9 Å². The van der Waals surface area contributed by atoms with E-state index < -0.39 is 6.09 Å². The number of rotatable bonds is 12. The molecule has 0 bridgehead atoms. The van der Waals surface area contributed by atoms with Crippen LogP contribution >= 0.6 is 0 Å². The molecule has 0 saturated heterocycles. The minimum atomic E-state index is -0.408. The van der Waals surface area contributed by atoms with Crippen LogP contribution in [0, 0.1) is 5.92 Å². The average molecular weight is 439 g/mol. The second kappa shape index (κ2) is 14.2. The van der Waals surface area contributed by atoms with E-state index in [1.165, 1.54) is 0 Å². The summed E-state index contributed by atoms with van der Waals surface area (Å²) in [6.07, 6.45) is 0.410. The predicted molar refractivity (Wildman–Crippen MR) is 122 cm³/mol. The standard InChI is InChI=1S/C22H38N4O5/c1-8-23-21(25-14-17(10-15(3)4)26-22(27)31-9-2)24-13-16-11-18(28-5)20(30-7)19(12-16)29-6/h11-12,15,17H,8-10,13-14H2,1-7H3,(H,26,27)(H2,23,24,25). The molecule has 1 atom stereocenters. The third kappa shape index (κ3) is 9.23. The molecule has 1 unspecified atom stereocenters. The fourth-order valence-corrected chi connectivity index (χ4v) is 3.06. The second-order valence-corrected chi connectivity index (χ2v) is 7.30. The van der Waals surface area contributed by atoms with E-state index in [2.05, 4.69) is 34.8 Å². The summed E-state index contributed by atoms with van der Waals surface area (Å²) in [4.78, 5) is 16.5. The Bertz CT molecular complexity index is 684. The van der Waals surface area contributed by atoms with E-state index in [0.717, 1.165) is 12.0 Å². The number of guanidine groups is 1. The van der Waals surface area contributed by atoms with Gasteiger partial charge in [-0.1, -0.05) is 13.8 Å². The van der Waals surface area contributed by atoms with Crippen molar-refractivity contribution in [3.8, 4) is 17.2 Å². The van der Waals surface area contributed by atoms with Gasteiger partial charge in [-0.3, -0.25) is 0 Å². The van der Waals surface area contributed by atoms with Gasteiger partial charge in [0.15, 0.2) is 17.5 Å². The molecule has 0 spiro atoms. The van der Waals surface area contributed by atoms with Crippen LogP contribution in [0.15, 0.2) is 17.1 Å². The molecule has 0 aromatic heterocycles. The third-order valence-corrected chi connectivity index (χ3v) is 4.36. The van der Waals surface area contributed by atoms with Gasteiger partial charge >= 0.3 is 6.09 Å². The lowest BCUT2D eigenvalue weighted by molar-refractivity contribution is 0.146. The number of nitrogens with zero attached hydrogens (tertiary/aromatic N) is 1. The maximum Gasteiger partial charge on any atom is 0.407 e. The number of methoxy groups -OCH3 is 3. The van der Waals surface area contributed by atoms with Crippen molar-refractivity contribution in [3.05, 3.63) is 17.7 Å². The number of hydrogen-bond donors (Lipinski definition) is 3. The molecule has 0 aliphatic heterocycles. The van der Waals surface area contributed by atoms with Crippen molar-refractivity contribution in [2.75, 3.05) is 41.0 Å². The molecule has 0 radical (unpaired) electrons. The van der Waals surface area contributed by atoms with Gasteiger partial charge in [0.05, 0.1) is 34.5 Å². The van der Waals surface area contributed by atoms with E-state index >= 15 is 0 Å². The number of carbonyl (C=O) groups excluding carboxylic acids is 1. The van der Waals surface area contributed by atoms with Crippen LogP contribution in [0.4, 0.5) is 4.79 Å². The minimum absolute atomic E-state index is 0.0796.